The minimum absolute atomic E-state index is 0.0277. The van der Waals surface area contributed by atoms with Gasteiger partial charge in [-0.15, -0.1) is 0 Å². The summed E-state index contributed by atoms with van der Waals surface area (Å²) < 4.78 is 5.84. The Hall–Kier alpha value is -0.833. The molecule has 0 saturated heterocycles. The molecule has 0 spiro atoms. The van der Waals surface area contributed by atoms with Crippen molar-refractivity contribution >= 4 is 14.3 Å². The molecule has 0 aromatic carbocycles. The largest absolute Gasteiger partial charge is 0.519 e. The van der Waals surface area contributed by atoms with Crippen molar-refractivity contribution in [3.8, 4) is 0 Å². The highest BCUT2D eigenvalue weighted by atomic mass is 28.4. The Balaban J connectivity index is 3.92. The van der Waals surface area contributed by atoms with Gasteiger partial charge in [-0.1, -0.05) is 117 Å². The zero-order chi connectivity index (χ0) is 23.8. The molecule has 0 amide bonds. The van der Waals surface area contributed by atoms with Crippen molar-refractivity contribution in [3.63, 3.8) is 0 Å². The maximum Gasteiger partial charge on any atom is 0.292 e. The topological polar surface area (TPSA) is 26.3 Å². The van der Waals surface area contributed by atoms with Crippen LogP contribution in [0, 0.1) is 5.41 Å². The molecule has 0 rings (SSSR count). The molecule has 0 heterocycles. The van der Waals surface area contributed by atoms with Crippen LogP contribution in [0.1, 0.15) is 125 Å². The van der Waals surface area contributed by atoms with Crippen LogP contribution in [0.25, 0.3) is 0 Å². The van der Waals surface area contributed by atoms with Crippen LogP contribution in [0.2, 0.25) is 18.1 Å². The fourth-order valence-corrected chi connectivity index (χ4v) is 4.23. The second-order valence-corrected chi connectivity index (χ2v) is 16.1. The van der Waals surface area contributed by atoms with E-state index in [1.54, 1.807) is 0 Å². The molecule has 0 saturated carbocycles. The molecule has 0 atom stereocenters. The fourth-order valence-electron chi connectivity index (χ4n) is 3.26. The van der Waals surface area contributed by atoms with Gasteiger partial charge in [0.2, 0.25) is 0 Å². The molecule has 0 aliphatic carbocycles. The lowest BCUT2D eigenvalue weighted by molar-refractivity contribution is -0.135. The summed E-state index contributed by atoms with van der Waals surface area (Å²) in [6, 6.07) is 0. The van der Waals surface area contributed by atoms with E-state index in [1.165, 1.54) is 64.2 Å². The van der Waals surface area contributed by atoms with E-state index in [2.05, 4.69) is 78.9 Å². The van der Waals surface area contributed by atoms with Gasteiger partial charge >= 0.3 is 0 Å². The first-order chi connectivity index (χ1) is 14.4. The second-order valence-electron chi connectivity index (χ2n) is 11.4. The Morgan fingerprint density at radius 1 is 0.742 bits per heavy atom. The molecule has 182 valence electrons. The number of hydrogen-bond donors (Lipinski definition) is 0. The second kappa shape index (κ2) is 15.9. The van der Waals surface area contributed by atoms with Gasteiger partial charge in [0.05, 0.1) is 0 Å². The SMILES string of the molecule is CCCCCCCCCCC/C=C\C(C)(C)/C=C\CCCC(=O)O[Si](C)(C)C(C)(C)C. The third-order valence-corrected chi connectivity index (χ3v) is 10.8. The molecule has 3 heteroatoms. The molecule has 0 aliphatic heterocycles. The lowest BCUT2D eigenvalue weighted by Crippen LogP contribution is -2.42. The summed E-state index contributed by atoms with van der Waals surface area (Å²) >= 11 is 0. The molecule has 0 bridgehead atoms. The molecular weight excluding hydrogens is 396 g/mol. The summed E-state index contributed by atoms with van der Waals surface area (Å²) in [5.74, 6) is -0.0277. The van der Waals surface area contributed by atoms with E-state index in [0.717, 1.165) is 12.8 Å². The van der Waals surface area contributed by atoms with E-state index in [4.69, 9.17) is 4.43 Å². The number of allylic oxidation sites excluding steroid dienone is 4. The molecule has 2 nitrogen and oxygen atoms in total. The molecule has 0 fully saturated rings. The zero-order valence-corrected chi connectivity index (χ0v) is 23.3. The average molecular weight is 451 g/mol. The van der Waals surface area contributed by atoms with Crippen LogP contribution < -0.4 is 0 Å². The van der Waals surface area contributed by atoms with E-state index in [9.17, 15) is 4.79 Å². The highest BCUT2D eigenvalue weighted by Gasteiger charge is 2.40. The smallest absolute Gasteiger partial charge is 0.292 e. The lowest BCUT2D eigenvalue weighted by Gasteiger charge is -2.35. The van der Waals surface area contributed by atoms with E-state index in [-0.39, 0.29) is 16.4 Å². The number of unbranched alkanes of at least 4 members (excludes halogenated alkanes) is 10. The Labute approximate surface area is 196 Å². The van der Waals surface area contributed by atoms with Crippen LogP contribution in [0.5, 0.6) is 0 Å². The summed E-state index contributed by atoms with van der Waals surface area (Å²) in [4.78, 5) is 12.2. The van der Waals surface area contributed by atoms with Gasteiger partial charge in [0.15, 0.2) is 0 Å². The van der Waals surface area contributed by atoms with Gasteiger partial charge < -0.3 is 4.43 Å². The van der Waals surface area contributed by atoms with E-state index < -0.39 is 8.32 Å². The Morgan fingerprint density at radius 3 is 1.68 bits per heavy atom. The third-order valence-electron chi connectivity index (χ3n) is 6.50. The Morgan fingerprint density at radius 2 is 1.19 bits per heavy atom. The highest BCUT2D eigenvalue weighted by Crippen LogP contribution is 2.36. The zero-order valence-electron chi connectivity index (χ0n) is 22.3. The molecule has 0 N–H and O–H groups in total. The molecule has 31 heavy (non-hydrogen) atoms. The molecular formula is C28H54O2Si. The van der Waals surface area contributed by atoms with Gasteiger partial charge in [0, 0.05) is 11.8 Å². The van der Waals surface area contributed by atoms with Crippen molar-refractivity contribution in [2.24, 2.45) is 5.41 Å². The van der Waals surface area contributed by atoms with Crippen LogP contribution in [0.4, 0.5) is 0 Å². The van der Waals surface area contributed by atoms with Gasteiger partial charge in [0.25, 0.3) is 14.3 Å². The predicted molar refractivity (Wildman–Crippen MR) is 141 cm³/mol. The molecule has 0 aromatic rings. The van der Waals surface area contributed by atoms with Crippen LogP contribution in [-0.2, 0) is 9.22 Å². The maximum atomic E-state index is 12.2. The lowest BCUT2D eigenvalue weighted by atomic mass is 9.91. The van der Waals surface area contributed by atoms with Crippen molar-refractivity contribution < 1.29 is 9.22 Å². The first-order valence-corrected chi connectivity index (χ1v) is 15.9. The Bertz CT molecular complexity index is 524. The van der Waals surface area contributed by atoms with Crippen molar-refractivity contribution in [1.82, 2.24) is 0 Å². The van der Waals surface area contributed by atoms with Crippen molar-refractivity contribution in [2.45, 2.75) is 143 Å². The summed E-state index contributed by atoms with van der Waals surface area (Å²) in [6.07, 6.45) is 25.2. The van der Waals surface area contributed by atoms with Gasteiger partial charge in [-0.3, -0.25) is 4.79 Å². The fraction of sp³-hybridized carbons (Fsp3) is 0.821. The standard InChI is InChI=1S/C28H54O2Si/c1-9-10-11-12-13-14-15-16-17-18-21-24-28(5,6)25-22-19-20-23-26(29)30-31(7,8)27(2,3)4/h21-22,24-25H,9-20,23H2,1-8H3/b24-21-,25-22-. The quantitative estimate of drug-likeness (QED) is 0.125. The maximum absolute atomic E-state index is 12.2. The van der Waals surface area contributed by atoms with Gasteiger partial charge in [-0.05, 0) is 43.8 Å². The summed E-state index contributed by atoms with van der Waals surface area (Å²) in [6.45, 7) is 17.5. The van der Waals surface area contributed by atoms with Crippen molar-refractivity contribution in [3.05, 3.63) is 24.3 Å². The number of hydrogen-bond acceptors (Lipinski definition) is 2. The number of rotatable bonds is 17. The average Bonchev–Trinajstić information content (AvgIpc) is 2.64. The number of carbonyl (C=O) groups is 1. The predicted octanol–water partition coefficient (Wildman–Crippen LogP) is 9.76. The monoisotopic (exact) mass is 450 g/mol. The molecule has 0 aliphatic rings. The highest BCUT2D eigenvalue weighted by molar-refractivity contribution is 6.75. The van der Waals surface area contributed by atoms with E-state index in [1.807, 2.05) is 0 Å². The molecule has 0 radical (unpaired) electrons. The van der Waals surface area contributed by atoms with Gasteiger partial charge in [-0.25, -0.2) is 0 Å². The summed E-state index contributed by atoms with van der Waals surface area (Å²) in [5, 5.41) is 0.0766. The summed E-state index contributed by atoms with van der Waals surface area (Å²) in [7, 11) is -1.98. The Kier molecular flexibility index (Phi) is 15.5. The van der Waals surface area contributed by atoms with Crippen LogP contribution in [0.15, 0.2) is 24.3 Å². The number of carbonyl (C=O) groups excluding carboxylic acids is 1. The van der Waals surface area contributed by atoms with Crippen molar-refractivity contribution in [1.29, 1.82) is 0 Å². The first-order valence-electron chi connectivity index (χ1n) is 13.0. The minimum Gasteiger partial charge on any atom is -0.519 e. The van der Waals surface area contributed by atoms with Crippen LogP contribution >= 0.6 is 0 Å². The third kappa shape index (κ3) is 16.5. The van der Waals surface area contributed by atoms with Gasteiger partial charge in [0.1, 0.15) is 0 Å². The van der Waals surface area contributed by atoms with Crippen LogP contribution in [0.3, 0.4) is 0 Å². The van der Waals surface area contributed by atoms with Crippen LogP contribution in [-0.4, -0.2) is 14.3 Å². The summed E-state index contributed by atoms with van der Waals surface area (Å²) in [5.41, 5.74) is 0.0843. The molecule has 0 aromatic heterocycles. The first kappa shape index (κ1) is 30.2. The molecule has 0 unspecified atom stereocenters. The van der Waals surface area contributed by atoms with Gasteiger partial charge in [-0.2, -0.15) is 0 Å². The normalized spacial score (nSPS) is 13.4. The minimum atomic E-state index is -1.98. The van der Waals surface area contributed by atoms with E-state index >= 15 is 0 Å². The van der Waals surface area contributed by atoms with E-state index in [0.29, 0.717) is 6.42 Å². The van der Waals surface area contributed by atoms with Crippen molar-refractivity contribution in [2.75, 3.05) is 0 Å².